The Morgan fingerprint density at radius 1 is 1.10 bits per heavy atom. The van der Waals surface area contributed by atoms with E-state index < -0.39 is 48.5 Å². The van der Waals surface area contributed by atoms with Crippen molar-refractivity contribution in [3.05, 3.63) is 63.9 Å². The number of aliphatic hydroxyl groups is 5. The van der Waals surface area contributed by atoms with E-state index in [1.165, 1.54) is 12.1 Å². The summed E-state index contributed by atoms with van der Waals surface area (Å²) in [6.45, 7) is -1.06. The third kappa shape index (κ3) is 3.62. The van der Waals surface area contributed by atoms with Crippen LogP contribution < -0.4 is 4.74 Å². The zero-order chi connectivity index (χ0) is 22.4. The van der Waals surface area contributed by atoms with Gasteiger partial charge in [-0.15, -0.1) is 0 Å². The first-order chi connectivity index (χ1) is 14.8. The maximum Gasteiger partial charge on any atom is 0.186 e. The number of hydrogen-bond acceptors (Lipinski definition) is 7. The van der Waals surface area contributed by atoms with Crippen molar-refractivity contribution in [2.45, 2.75) is 36.8 Å². The number of rotatable bonds is 6. The molecule has 5 N–H and O–H groups in total. The molecule has 1 heterocycles. The molecular formula is C22H24ClFO7. The molecule has 2 fully saturated rings. The lowest BCUT2D eigenvalue weighted by atomic mass is 9.64. The summed E-state index contributed by atoms with van der Waals surface area (Å²) in [5, 5.41) is 50.7. The van der Waals surface area contributed by atoms with Gasteiger partial charge in [-0.25, -0.2) is 4.39 Å². The maximum absolute atomic E-state index is 14.1. The Hall–Kier alpha value is -1.78. The standard InChI is InChI=1S/C22H24ClFO7/c23-15-3-2-14(7-13(15)5-12-1-4-17(30-11-26)16(24)6-12)22-8-21(9-25,10-31-22)19(28)18(27)20(22)29/h1-4,6-7,18-20,25-29H,5,8-11H2/t18-,19-,20+,21-,22-/m0/s1. The van der Waals surface area contributed by atoms with Crippen LogP contribution >= 0.6 is 11.6 Å². The fourth-order valence-electron chi connectivity index (χ4n) is 4.67. The van der Waals surface area contributed by atoms with Gasteiger partial charge in [-0.2, -0.15) is 0 Å². The molecule has 4 rings (SSSR count). The first kappa shape index (κ1) is 22.4. The number of hydrogen-bond donors (Lipinski definition) is 5. The number of ether oxygens (including phenoxy) is 2. The molecule has 0 spiro atoms. The van der Waals surface area contributed by atoms with Crippen LogP contribution in [0.1, 0.15) is 23.1 Å². The predicted molar refractivity (Wildman–Crippen MR) is 108 cm³/mol. The van der Waals surface area contributed by atoms with Gasteiger partial charge in [0.05, 0.1) is 19.3 Å². The normalized spacial score (nSPS) is 32.3. The Morgan fingerprint density at radius 3 is 2.55 bits per heavy atom. The van der Waals surface area contributed by atoms with Crippen LogP contribution in [-0.4, -0.2) is 63.9 Å². The quantitative estimate of drug-likeness (QED) is 0.414. The summed E-state index contributed by atoms with van der Waals surface area (Å²) in [4.78, 5) is 0. The number of aliphatic hydroxyl groups excluding tert-OH is 5. The molecule has 7 nitrogen and oxygen atoms in total. The Bertz CT molecular complexity index is 973. The van der Waals surface area contributed by atoms with Crippen LogP contribution in [-0.2, 0) is 16.8 Å². The van der Waals surface area contributed by atoms with E-state index in [9.17, 15) is 24.8 Å². The van der Waals surface area contributed by atoms with Crippen LogP contribution in [0.5, 0.6) is 5.75 Å². The first-order valence-corrected chi connectivity index (χ1v) is 10.2. The Kier molecular flexibility index (Phi) is 5.99. The minimum Gasteiger partial charge on any atom is -0.465 e. The minimum atomic E-state index is -1.49. The summed E-state index contributed by atoms with van der Waals surface area (Å²) in [6, 6.07) is 9.37. The topological polar surface area (TPSA) is 120 Å². The second kappa shape index (κ2) is 8.29. The molecule has 1 saturated heterocycles. The molecule has 0 unspecified atom stereocenters. The Morgan fingerprint density at radius 2 is 1.87 bits per heavy atom. The zero-order valence-corrected chi connectivity index (χ0v) is 17.3. The van der Waals surface area contributed by atoms with Gasteiger partial charge in [0.1, 0.15) is 17.8 Å². The van der Waals surface area contributed by atoms with Gasteiger partial charge >= 0.3 is 0 Å². The molecule has 31 heavy (non-hydrogen) atoms. The summed E-state index contributed by atoms with van der Waals surface area (Å²) in [6.07, 6.45) is -3.83. The summed E-state index contributed by atoms with van der Waals surface area (Å²) in [5.41, 5.74) is -0.603. The predicted octanol–water partition coefficient (Wildman–Crippen LogP) is 1.09. The maximum atomic E-state index is 14.1. The van der Waals surface area contributed by atoms with Crippen molar-refractivity contribution in [3.8, 4) is 5.75 Å². The van der Waals surface area contributed by atoms with Crippen LogP contribution in [0.25, 0.3) is 0 Å². The third-order valence-electron chi connectivity index (χ3n) is 6.44. The highest BCUT2D eigenvalue weighted by Gasteiger charge is 2.65. The molecular weight excluding hydrogens is 431 g/mol. The molecule has 2 bridgehead atoms. The van der Waals surface area contributed by atoms with Gasteiger partial charge in [-0.1, -0.05) is 29.8 Å². The summed E-state index contributed by atoms with van der Waals surface area (Å²) >= 11 is 6.36. The summed E-state index contributed by atoms with van der Waals surface area (Å²) < 4.78 is 24.9. The molecule has 2 aromatic carbocycles. The smallest absolute Gasteiger partial charge is 0.186 e. The molecule has 0 amide bonds. The van der Waals surface area contributed by atoms with Crippen LogP contribution in [0.3, 0.4) is 0 Å². The van der Waals surface area contributed by atoms with Crippen LogP contribution in [0.2, 0.25) is 5.02 Å². The monoisotopic (exact) mass is 454 g/mol. The van der Waals surface area contributed by atoms with Gasteiger partial charge < -0.3 is 35.0 Å². The largest absolute Gasteiger partial charge is 0.465 e. The fourth-order valence-corrected chi connectivity index (χ4v) is 4.86. The lowest BCUT2D eigenvalue weighted by Gasteiger charge is -2.46. The SMILES string of the molecule is OCOc1ccc(Cc2cc([C@]34C[C@](CO)(CO3)[C@@H](O)[C@H](O)[C@H]4O)ccc2Cl)cc1F. The van der Waals surface area contributed by atoms with Gasteiger partial charge in [0, 0.05) is 10.4 Å². The molecule has 1 saturated carbocycles. The van der Waals surface area contributed by atoms with E-state index >= 15 is 0 Å². The van der Waals surface area contributed by atoms with Gasteiger partial charge in [0.25, 0.3) is 0 Å². The molecule has 5 atom stereocenters. The molecule has 1 aliphatic carbocycles. The van der Waals surface area contributed by atoms with Crippen molar-refractivity contribution in [3.63, 3.8) is 0 Å². The molecule has 0 aromatic heterocycles. The van der Waals surface area contributed by atoms with Crippen LogP contribution in [0, 0.1) is 11.2 Å². The molecule has 168 valence electrons. The molecule has 9 heteroatoms. The zero-order valence-electron chi connectivity index (χ0n) is 16.5. The minimum absolute atomic E-state index is 0.0196. The summed E-state index contributed by atoms with van der Waals surface area (Å²) in [5.74, 6) is -0.688. The number of fused-ring (bicyclic) bond motifs is 2. The van der Waals surface area contributed by atoms with Crippen molar-refractivity contribution in [2.75, 3.05) is 20.0 Å². The molecule has 0 radical (unpaired) electrons. The van der Waals surface area contributed by atoms with Crippen molar-refractivity contribution in [1.82, 2.24) is 0 Å². The Balaban J connectivity index is 1.68. The molecule has 2 aromatic rings. The fraction of sp³-hybridized carbons (Fsp3) is 0.455. The van der Waals surface area contributed by atoms with Gasteiger partial charge in [-0.3, -0.25) is 0 Å². The van der Waals surface area contributed by atoms with Gasteiger partial charge in [0.2, 0.25) is 0 Å². The Labute approximate surface area is 183 Å². The van der Waals surface area contributed by atoms with E-state index in [-0.39, 0.29) is 25.2 Å². The number of benzene rings is 2. The highest BCUT2D eigenvalue weighted by atomic mass is 35.5. The average molecular weight is 455 g/mol. The molecule has 1 aliphatic heterocycles. The van der Waals surface area contributed by atoms with Crippen molar-refractivity contribution in [1.29, 1.82) is 0 Å². The summed E-state index contributed by atoms with van der Waals surface area (Å²) in [7, 11) is 0. The number of halogens is 2. The van der Waals surface area contributed by atoms with E-state index in [4.69, 9.17) is 26.2 Å². The highest BCUT2D eigenvalue weighted by molar-refractivity contribution is 6.31. The van der Waals surface area contributed by atoms with E-state index in [0.717, 1.165) is 0 Å². The van der Waals surface area contributed by atoms with Crippen LogP contribution in [0.4, 0.5) is 4.39 Å². The highest BCUT2D eigenvalue weighted by Crippen LogP contribution is 2.55. The second-order valence-corrected chi connectivity index (χ2v) is 8.68. The lowest BCUT2D eigenvalue weighted by Crippen LogP contribution is -2.60. The van der Waals surface area contributed by atoms with Crippen molar-refractivity contribution < 1.29 is 39.4 Å². The van der Waals surface area contributed by atoms with E-state index in [2.05, 4.69) is 0 Å². The van der Waals surface area contributed by atoms with Crippen LogP contribution in [0.15, 0.2) is 36.4 Å². The van der Waals surface area contributed by atoms with Crippen molar-refractivity contribution >= 4 is 11.6 Å². The van der Waals surface area contributed by atoms with Gasteiger partial charge in [0.15, 0.2) is 18.4 Å². The lowest BCUT2D eigenvalue weighted by molar-refractivity contribution is -0.188. The second-order valence-electron chi connectivity index (χ2n) is 8.28. The van der Waals surface area contributed by atoms with E-state index in [0.29, 0.717) is 21.7 Å². The third-order valence-corrected chi connectivity index (χ3v) is 6.81. The van der Waals surface area contributed by atoms with Crippen molar-refractivity contribution in [2.24, 2.45) is 5.41 Å². The average Bonchev–Trinajstić information content (AvgIpc) is 3.15. The first-order valence-electron chi connectivity index (χ1n) is 9.86. The van der Waals surface area contributed by atoms with Gasteiger partial charge in [-0.05, 0) is 47.7 Å². The van der Waals surface area contributed by atoms with E-state index in [1.54, 1.807) is 24.3 Å². The van der Waals surface area contributed by atoms with E-state index in [1.807, 2.05) is 0 Å². The molecule has 2 aliphatic rings.